The highest BCUT2D eigenvalue weighted by Crippen LogP contribution is 2.39. The Hall–Kier alpha value is -1.52. The van der Waals surface area contributed by atoms with Crippen LogP contribution in [0.4, 0.5) is 13.2 Å². The summed E-state index contributed by atoms with van der Waals surface area (Å²) in [5, 5.41) is 10.1. The zero-order chi connectivity index (χ0) is 16.8. The van der Waals surface area contributed by atoms with E-state index < -0.39 is 34.1 Å². The first kappa shape index (κ1) is 17.5. The standard InChI is InChI=1S/C16H21F3O2/c1-14(2,3)9-7-10(13(21)16(17,18)19)12(20)11(8-9)15(4,5)6/h7-8,20H,1-6H3. The summed E-state index contributed by atoms with van der Waals surface area (Å²) >= 11 is 0. The molecule has 118 valence electrons. The van der Waals surface area contributed by atoms with E-state index in [-0.39, 0.29) is 0 Å². The van der Waals surface area contributed by atoms with Crippen LogP contribution in [0.15, 0.2) is 12.1 Å². The third-order valence-corrected chi connectivity index (χ3v) is 3.29. The molecule has 1 aromatic rings. The summed E-state index contributed by atoms with van der Waals surface area (Å²) in [5.74, 6) is -2.60. The molecule has 0 heterocycles. The molecule has 1 rings (SSSR count). The number of benzene rings is 1. The van der Waals surface area contributed by atoms with Crippen LogP contribution in [0.25, 0.3) is 0 Å². The van der Waals surface area contributed by atoms with Crippen molar-refractivity contribution in [2.75, 3.05) is 0 Å². The van der Waals surface area contributed by atoms with Gasteiger partial charge in [0.1, 0.15) is 5.75 Å². The number of ketones is 1. The number of halogens is 3. The molecule has 21 heavy (non-hydrogen) atoms. The van der Waals surface area contributed by atoms with Crippen LogP contribution in [-0.2, 0) is 10.8 Å². The van der Waals surface area contributed by atoms with Gasteiger partial charge in [0.05, 0.1) is 5.56 Å². The van der Waals surface area contributed by atoms with Crippen molar-refractivity contribution in [2.45, 2.75) is 58.5 Å². The van der Waals surface area contributed by atoms with E-state index in [1.165, 1.54) is 0 Å². The molecule has 0 aliphatic rings. The summed E-state index contributed by atoms with van der Waals surface area (Å²) in [7, 11) is 0. The van der Waals surface area contributed by atoms with Crippen molar-refractivity contribution in [1.82, 2.24) is 0 Å². The van der Waals surface area contributed by atoms with Crippen molar-refractivity contribution in [3.63, 3.8) is 0 Å². The summed E-state index contributed by atoms with van der Waals surface area (Å²) in [6, 6.07) is 2.81. The highest BCUT2D eigenvalue weighted by Gasteiger charge is 2.42. The Kier molecular flexibility index (Phi) is 4.21. The summed E-state index contributed by atoms with van der Waals surface area (Å²) in [6.07, 6.45) is -5.01. The highest BCUT2D eigenvalue weighted by atomic mass is 19.4. The van der Waals surface area contributed by atoms with Crippen LogP contribution >= 0.6 is 0 Å². The Labute approximate surface area is 123 Å². The molecule has 0 radical (unpaired) electrons. The van der Waals surface area contributed by atoms with Crippen LogP contribution < -0.4 is 0 Å². The number of Topliss-reactive ketones (excluding diaryl/α,β-unsaturated/α-hetero) is 1. The molecule has 0 atom stereocenters. The molecule has 1 N–H and O–H groups in total. The van der Waals surface area contributed by atoms with Gasteiger partial charge in [-0.25, -0.2) is 0 Å². The van der Waals surface area contributed by atoms with E-state index >= 15 is 0 Å². The molecule has 0 unspecified atom stereocenters. The van der Waals surface area contributed by atoms with E-state index in [2.05, 4.69) is 0 Å². The van der Waals surface area contributed by atoms with Gasteiger partial charge in [-0.2, -0.15) is 13.2 Å². The Morgan fingerprint density at radius 1 is 0.952 bits per heavy atom. The van der Waals surface area contributed by atoms with E-state index in [1.807, 2.05) is 20.8 Å². The molecule has 0 amide bonds. The molecular formula is C16H21F3O2. The zero-order valence-corrected chi connectivity index (χ0v) is 13.1. The number of phenols is 1. The van der Waals surface area contributed by atoms with Crippen molar-refractivity contribution >= 4 is 5.78 Å². The summed E-state index contributed by atoms with van der Waals surface area (Å²) in [5.41, 5.74) is -0.777. The predicted octanol–water partition coefficient (Wildman–Crippen LogP) is 4.73. The fourth-order valence-electron chi connectivity index (χ4n) is 1.96. The van der Waals surface area contributed by atoms with E-state index in [9.17, 15) is 23.1 Å². The van der Waals surface area contributed by atoms with E-state index in [0.717, 1.165) is 6.07 Å². The number of carbonyl (C=O) groups is 1. The maximum absolute atomic E-state index is 12.7. The molecule has 0 saturated carbocycles. The summed E-state index contributed by atoms with van der Waals surface area (Å²) < 4.78 is 38.1. The second-order valence-electron chi connectivity index (χ2n) is 7.25. The third-order valence-electron chi connectivity index (χ3n) is 3.29. The lowest BCUT2D eigenvalue weighted by Crippen LogP contribution is -2.25. The molecule has 5 heteroatoms. The lowest BCUT2D eigenvalue weighted by atomic mass is 9.78. The fraction of sp³-hybridized carbons (Fsp3) is 0.562. The minimum Gasteiger partial charge on any atom is -0.507 e. The average molecular weight is 302 g/mol. The van der Waals surface area contributed by atoms with Crippen molar-refractivity contribution in [3.05, 3.63) is 28.8 Å². The minimum absolute atomic E-state index is 0.336. The molecule has 0 aliphatic heterocycles. The number of hydrogen-bond acceptors (Lipinski definition) is 2. The Balaban J connectivity index is 3.69. The maximum atomic E-state index is 12.7. The van der Waals surface area contributed by atoms with Crippen molar-refractivity contribution in [1.29, 1.82) is 0 Å². The van der Waals surface area contributed by atoms with E-state index in [4.69, 9.17) is 0 Å². The zero-order valence-electron chi connectivity index (χ0n) is 13.1. The number of hydrogen-bond donors (Lipinski definition) is 1. The van der Waals surface area contributed by atoms with Crippen LogP contribution in [0.3, 0.4) is 0 Å². The van der Waals surface area contributed by atoms with E-state index in [1.54, 1.807) is 26.8 Å². The van der Waals surface area contributed by atoms with Crippen LogP contribution in [0.5, 0.6) is 5.75 Å². The van der Waals surface area contributed by atoms with Crippen LogP contribution in [0.2, 0.25) is 0 Å². The van der Waals surface area contributed by atoms with Gasteiger partial charge >= 0.3 is 6.18 Å². The van der Waals surface area contributed by atoms with Gasteiger partial charge in [0, 0.05) is 5.56 Å². The molecule has 2 nitrogen and oxygen atoms in total. The van der Waals surface area contributed by atoms with Gasteiger partial charge in [0.25, 0.3) is 5.78 Å². The molecule has 0 bridgehead atoms. The second kappa shape index (κ2) is 5.04. The number of carbonyl (C=O) groups excluding carboxylic acids is 1. The number of phenolic OH excluding ortho intramolecular Hbond substituents is 1. The molecule has 0 spiro atoms. The number of rotatable bonds is 1. The van der Waals surface area contributed by atoms with Crippen molar-refractivity contribution < 1.29 is 23.1 Å². The lowest BCUT2D eigenvalue weighted by molar-refractivity contribution is -0.0886. The van der Waals surface area contributed by atoms with Gasteiger partial charge in [-0.1, -0.05) is 47.6 Å². The largest absolute Gasteiger partial charge is 0.507 e. The monoisotopic (exact) mass is 302 g/mol. The minimum atomic E-state index is -5.01. The first-order chi connectivity index (χ1) is 9.15. The van der Waals surface area contributed by atoms with Gasteiger partial charge in [0.15, 0.2) is 0 Å². The smallest absolute Gasteiger partial charge is 0.455 e. The predicted molar refractivity (Wildman–Crippen MR) is 75.9 cm³/mol. The van der Waals surface area contributed by atoms with Crippen molar-refractivity contribution in [2.24, 2.45) is 0 Å². The Bertz CT molecular complexity index is 559. The first-order valence-electron chi connectivity index (χ1n) is 6.65. The SMILES string of the molecule is CC(C)(C)c1cc(C(=O)C(F)(F)F)c(O)c(C(C)(C)C)c1. The van der Waals surface area contributed by atoms with Gasteiger partial charge < -0.3 is 5.11 Å². The molecule has 0 aromatic heterocycles. The molecule has 0 saturated heterocycles. The molecule has 0 aliphatic carbocycles. The maximum Gasteiger partial charge on any atom is 0.455 e. The van der Waals surface area contributed by atoms with Gasteiger partial charge in [-0.05, 0) is 22.5 Å². The topological polar surface area (TPSA) is 37.3 Å². The third kappa shape index (κ3) is 3.77. The Morgan fingerprint density at radius 2 is 1.43 bits per heavy atom. The highest BCUT2D eigenvalue weighted by molar-refractivity contribution is 6.03. The number of aromatic hydroxyl groups is 1. The summed E-state index contributed by atoms with van der Waals surface area (Å²) in [6.45, 7) is 10.8. The van der Waals surface area contributed by atoms with Gasteiger partial charge in [-0.15, -0.1) is 0 Å². The first-order valence-corrected chi connectivity index (χ1v) is 6.65. The fourth-order valence-corrected chi connectivity index (χ4v) is 1.96. The molecule has 0 fully saturated rings. The van der Waals surface area contributed by atoms with Gasteiger partial charge in [-0.3, -0.25) is 4.79 Å². The number of alkyl halides is 3. The van der Waals surface area contributed by atoms with Crippen LogP contribution in [-0.4, -0.2) is 17.1 Å². The normalized spacial score (nSPS) is 13.4. The van der Waals surface area contributed by atoms with E-state index in [0.29, 0.717) is 11.1 Å². The van der Waals surface area contributed by atoms with Crippen LogP contribution in [0, 0.1) is 0 Å². The van der Waals surface area contributed by atoms with Crippen molar-refractivity contribution in [3.8, 4) is 5.75 Å². The summed E-state index contributed by atoms with van der Waals surface area (Å²) in [4.78, 5) is 11.6. The quantitative estimate of drug-likeness (QED) is 0.761. The van der Waals surface area contributed by atoms with Gasteiger partial charge in [0.2, 0.25) is 0 Å². The second-order valence-corrected chi connectivity index (χ2v) is 7.25. The molecular weight excluding hydrogens is 281 g/mol. The molecule has 1 aromatic carbocycles. The Morgan fingerprint density at radius 3 is 1.76 bits per heavy atom. The van der Waals surface area contributed by atoms with Crippen LogP contribution in [0.1, 0.15) is 63.0 Å². The lowest BCUT2D eigenvalue weighted by Gasteiger charge is -2.27. The average Bonchev–Trinajstić information content (AvgIpc) is 2.23.